The summed E-state index contributed by atoms with van der Waals surface area (Å²) in [6.45, 7) is -0.722. The number of hydrogen-bond donors (Lipinski definition) is 2. The molecule has 0 aliphatic rings. The maximum absolute atomic E-state index is 12.6. The van der Waals surface area contributed by atoms with Crippen LogP contribution in [0.5, 0.6) is 0 Å². The van der Waals surface area contributed by atoms with Gasteiger partial charge >= 0.3 is 18.0 Å². The summed E-state index contributed by atoms with van der Waals surface area (Å²) >= 11 is 16.7. The Balaban J connectivity index is 2.43. The highest BCUT2D eigenvalue weighted by Crippen LogP contribution is 2.29. The fourth-order valence-corrected chi connectivity index (χ4v) is 2.53. The summed E-state index contributed by atoms with van der Waals surface area (Å²) in [7, 11) is 0. The number of aliphatic hydroxyl groups is 1. The van der Waals surface area contributed by atoms with E-state index in [0.717, 1.165) is 0 Å². The van der Waals surface area contributed by atoms with E-state index in [2.05, 4.69) is 0 Å². The van der Waals surface area contributed by atoms with Gasteiger partial charge in [-0.3, -0.25) is 0 Å². The second kappa shape index (κ2) is 10.5. The topological polar surface area (TPSA) is 113 Å². The third-order valence-corrected chi connectivity index (χ3v) is 4.00. The summed E-state index contributed by atoms with van der Waals surface area (Å²) in [4.78, 5) is 41.8. The van der Waals surface area contributed by atoms with Crippen LogP contribution in [0.4, 0.5) is 4.79 Å². The summed E-state index contributed by atoms with van der Waals surface area (Å²) in [5.74, 6) is -2.67. The Morgan fingerprint density at radius 1 is 0.967 bits per heavy atom. The molecule has 8 nitrogen and oxygen atoms in total. The number of amides is 1. The average molecular weight is 477 g/mol. The second-order valence-electron chi connectivity index (χ2n) is 5.88. The summed E-state index contributed by atoms with van der Waals surface area (Å²) in [6.07, 6.45) is -3.52. The van der Waals surface area contributed by atoms with Gasteiger partial charge in [-0.2, -0.15) is 0 Å². The molecule has 0 unspecified atom stereocenters. The monoisotopic (exact) mass is 475 g/mol. The first-order valence-corrected chi connectivity index (χ1v) is 9.49. The van der Waals surface area contributed by atoms with Crippen LogP contribution in [-0.4, -0.2) is 49.8 Å². The van der Waals surface area contributed by atoms with Gasteiger partial charge in [0.1, 0.15) is 12.6 Å². The zero-order valence-electron chi connectivity index (χ0n) is 15.2. The van der Waals surface area contributed by atoms with Gasteiger partial charge in [0.05, 0.1) is 5.56 Å². The van der Waals surface area contributed by atoms with Crippen LogP contribution in [0.1, 0.15) is 22.0 Å². The van der Waals surface area contributed by atoms with E-state index in [1.165, 1.54) is 24.3 Å². The number of halogens is 3. The molecule has 2 rings (SSSR count). The zero-order valence-corrected chi connectivity index (χ0v) is 17.4. The van der Waals surface area contributed by atoms with E-state index in [-0.39, 0.29) is 11.1 Å². The highest BCUT2D eigenvalue weighted by molar-refractivity contribution is 6.67. The smallest absolute Gasteiger partial charge is 0.444 e. The lowest BCUT2D eigenvalue weighted by Crippen LogP contribution is -2.45. The first kappa shape index (κ1) is 23.8. The number of carboxylic acid groups (broad SMARTS) is 1. The molecule has 1 amide bonds. The minimum Gasteiger partial charge on any atom is -0.479 e. The number of carboxylic acids is 1. The number of alkyl halides is 3. The van der Waals surface area contributed by atoms with Crippen LogP contribution in [0, 0.1) is 0 Å². The molecule has 0 spiro atoms. The SMILES string of the molecule is O=C(ON(C(=O)OCC(Cl)(Cl)Cl)[C@@H](c1ccccc1)[C@@H](O)C(=O)O)c1ccccc1. The number of nitrogens with zero attached hydrogens (tertiary/aromatic N) is 1. The van der Waals surface area contributed by atoms with Crippen LogP contribution in [0.2, 0.25) is 0 Å². The molecule has 0 aliphatic heterocycles. The maximum Gasteiger partial charge on any atom is 0.444 e. The van der Waals surface area contributed by atoms with Crippen LogP contribution in [0.3, 0.4) is 0 Å². The molecule has 2 aromatic carbocycles. The first-order valence-electron chi connectivity index (χ1n) is 8.36. The van der Waals surface area contributed by atoms with E-state index in [4.69, 9.17) is 44.4 Å². The Hall–Kier alpha value is -2.52. The fraction of sp³-hybridized carbons (Fsp3) is 0.211. The van der Waals surface area contributed by atoms with Gasteiger partial charge in [-0.05, 0) is 17.7 Å². The van der Waals surface area contributed by atoms with E-state index in [1.807, 2.05) is 0 Å². The molecule has 0 fully saturated rings. The molecular weight excluding hydrogens is 461 g/mol. The number of benzene rings is 2. The van der Waals surface area contributed by atoms with E-state index < -0.39 is 40.6 Å². The van der Waals surface area contributed by atoms with Crippen molar-refractivity contribution in [2.45, 2.75) is 15.9 Å². The molecule has 0 saturated carbocycles. The molecule has 2 aromatic rings. The molecule has 0 saturated heterocycles. The van der Waals surface area contributed by atoms with Gasteiger partial charge < -0.3 is 19.8 Å². The highest BCUT2D eigenvalue weighted by atomic mass is 35.6. The number of aliphatic carboxylic acids is 1. The molecule has 0 aliphatic carbocycles. The summed E-state index contributed by atoms with van der Waals surface area (Å²) in [5.41, 5.74) is 0.215. The van der Waals surface area contributed by atoms with E-state index >= 15 is 0 Å². The largest absolute Gasteiger partial charge is 0.479 e. The number of ether oxygens (including phenoxy) is 1. The molecule has 0 radical (unpaired) electrons. The summed E-state index contributed by atoms with van der Waals surface area (Å²) in [5, 5.41) is 19.9. The Bertz CT molecular complexity index is 875. The average Bonchev–Trinajstić information content (AvgIpc) is 2.72. The number of hydrogen-bond acceptors (Lipinski definition) is 6. The highest BCUT2D eigenvalue weighted by Gasteiger charge is 2.40. The molecule has 2 atom stereocenters. The van der Waals surface area contributed by atoms with Crippen molar-refractivity contribution in [3.05, 3.63) is 71.8 Å². The molecule has 0 heterocycles. The molecule has 0 aromatic heterocycles. The van der Waals surface area contributed by atoms with Gasteiger partial charge in [-0.15, -0.1) is 5.06 Å². The predicted octanol–water partition coefficient (Wildman–Crippen LogP) is 3.75. The van der Waals surface area contributed by atoms with E-state index in [0.29, 0.717) is 5.06 Å². The van der Waals surface area contributed by atoms with Gasteiger partial charge in [0.15, 0.2) is 6.10 Å². The Morgan fingerprint density at radius 3 is 2.00 bits per heavy atom. The maximum atomic E-state index is 12.6. The molecule has 160 valence electrons. The number of carbonyl (C=O) groups excluding carboxylic acids is 2. The first-order chi connectivity index (χ1) is 14.1. The van der Waals surface area contributed by atoms with Gasteiger partial charge in [-0.25, -0.2) is 14.4 Å². The fourth-order valence-electron chi connectivity index (χ4n) is 2.36. The third kappa shape index (κ3) is 6.77. The Kier molecular flexibility index (Phi) is 8.31. The molecule has 2 N–H and O–H groups in total. The van der Waals surface area contributed by atoms with Crippen molar-refractivity contribution in [3.63, 3.8) is 0 Å². The number of aliphatic hydroxyl groups excluding tert-OH is 1. The van der Waals surface area contributed by atoms with Crippen molar-refractivity contribution in [2.75, 3.05) is 6.61 Å². The van der Waals surface area contributed by atoms with Crippen molar-refractivity contribution in [3.8, 4) is 0 Å². The van der Waals surface area contributed by atoms with E-state index in [1.54, 1.807) is 36.4 Å². The molecular formula is C19H16Cl3NO7. The van der Waals surface area contributed by atoms with Gasteiger partial charge in [-0.1, -0.05) is 83.3 Å². The molecule has 30 heavy (non-hydrogen) atoms. The Labute approximate surface area is 186 Å². The number of carbonyl (C=O) groups is 3. The standard InChI is InChI=1S/C19H16Cl3NO7/c20-19(21,22)11-29-18(28)23(30-17(27)13-9-5-2-6-10-13)14(15(24)16(25)26)12-7-3-1-4-8-12/h1-10,14-15,24H,11H2,(H,25,26)/t14-,15+/m0/s1. The van der Waals surface area contributed by atoms with Crippen molar-refractivity contribution >= 4 is 52.8 Å². The van der Waals surface area contributed by atoms with Crippen molar-refractivity contribution < 1.29 is 34.2 Å². The zero-order chi connectivity index (χ0) is 22.3. The van der Waals surface area contributed by atoms with Crippen molar-refractivity contribution in [1.29, 1.82) is 0 Å². The summed E-state index contributed by atoms with van der Waals surface area (Å²) in [6, 6.07) is 13.5. The normalized spacial score (nSPS) is 13.1. The van der Waals surface area contributed by atoms with Gasteiger partial charge in [0, 0.05) is 0 Å². The minimum absolute atomic E-state index is 0.0632. The Morgan fingerprint density at radius 2 is 1.50 bits per heavy atom. The number of rotatable bonds is 6. The predicted molar refractivity (Wildman–Crippen MR) is 108 cm³/mol. The van der Waals surface area contributed by atoms with Crippen molar-refractivity contribution in [1.82, 2.24) is 5.06 Å². The quantitative estimate of drug-likeness (QED) is 0.482. The van der Waals surface area contributed by atoms with Gasteiger partial charge in [0.2, 0.25) is 3.79 Å². The second-order valence-corrected chi connectivity index (χ2v) is 8.39. The molecule has 11 heteroatoms. The number of hydroxylamine groups is 2. The third-order valence-electron chi connectivity index (χ3n) is 3.68. The lowest BCUT2D eigenvalue weighted by atomic mass is 10.0. The van der Waals surface area contributed by atoms with Crippen LogP contribution >= 0.6 is 34.8 Å². The van der Waals surface area contributed by atoms with Gasteiger partial charge in [0.25, 0.3) is 0 Å². The lowest BCUT2D eigenvalue weighted by molar-refractivity contribution is -0.169. The van der Waals surface area contributed by atoms with Crippen LogP contribution in [-0.2, 0) is 14.4 Å². The molecule has 0 bridgehead atoms. The minimum atomic E-state index is -2.17. The van der Waals surface area contributed by atoms with Crippen LogP contribution in [0.15, 0.2) is 60.7 Å². The lowest BCUT2D eigenvalue weighted by Gasteiger charge is -2.31. The van der Waals surface area contributed by atoms with Crippen LogP contribution < -0.4 is 0 Å². The summed E-state index contributed by atoms with van der Waals surface area (Å²) < 4.78 is 2.87. The van der Waals surface area contributed by atoms with Crippen molar-refractivity contribution in [2.24, 2.45) is 0 Å². The van der Waals surface area contributed by atoms with Crippen LogP contribution in [0.25, 0.3) is 0 Å². The van der Waals surface area contributed by atoms with E-state index in [9.17, 15) is 24.6 Å².